The third kappa shape index (κ3) is 5.60. The van der Waals surface area contributed by atoms with Crippen molar-refractivity contribution in [2.24, 2.45) is 0 Å². The number of hydrogen-bond acceptors (Lipinski definition) is 5. The van der Waals surface area contributed by atoms with Crippen molar-refractivity contribution >= 4 is 10.1 Å². The van der Waals surface area contributed by atoms with Gasteiger partial charge in [0.25, 0.3) is 0 Å². The van der Waals surface area contributed by atoms with E-state index in [1.807, 2.05) is 0 Å². The molecule has 0 spiro atoms. The maximum atomic E-state index is 10.3. The third-order valence-electron chi connectivity index (χ3n) is 1.11. The Morgan fingerprint density at radius 3 is 2.29 bits per heavy atom. The summed E-state index contributed by atoms with van der Waals surface area (Å²) in [4.78, 5) is 7.70. The highest BCUT2D eigenvalue weighted by molar-refractivity contribution is 7.85. The van der Waals surface area contributed by atoms with Crippen molar-refractivity contribution in [1.29, 1.82) is 0 Å². The molecule has 0 aliphatic rings. The Morgan fingerprint density at radius 2 is 2.07 bits per heavy atom. The summed E-state index contributed by atoms with van der Waals surface area (Å²) in [5, 5.41) is -0.324. The van der Waals surface area contributed by atoms with Gasteiger partial charge in [-0.25, -0.2) is 10.5 Å². The summed E-state index contributed by atoms with van der Waals surface area (Å²) in [6, 6.07) is 4.26. The smallest absolute Gasteiger partial charge is 0.305 e. The standard InChI is InChI=1S/C5H5NO3S.C2H7NO/c7-10(8,9)5-3-1-2-4-6-5;1-3-4-2/h1-4H,(H,7,8,9);3H,1-2H3. The lowest BCUT2D eigenvalue weighted by molar-refractivity contribution is 0.112. The SMILES string of the molecule is CNOC.O=S(=O)(O)c1ccccn1. The van der Waals surface area contributed by atoms with Crippen LogP contribution < -0.4 is 5.48 Å². The topological polar surface area (TPSA) is 88.5 Å². The molecular formula is C7H12N2O4S. The molecular weight excluding hydrogens is 208 g/mol. The van der Waals surface area contributed by atoms with E-state index < -0.39 is 10.1 Å². The first-order chi connectivity index (χ1) is 6.52. The quantitative estimate of drug-likeness (QED) is 0.542. The van der Waals surface area contributed by atoms with Gasteiger partial charge in [0.2, 0.25) is 0 Å². The summed E-state index contributed by atoms with van der Waals surface area (Å²) in [6.45, 7) is 0. The van der Waals surface area contributed by atoms with Crippen molar-refractivity contribution in [3.8, 4) is 0 Å². The molecule has 1 aromatic rings. The van der Waals surface area contributed by atoms with E-state index in [4.69, 9.17) is 4.55 Å². The summed E-state index contributed by atoms with van der Waals surface area (Å²) in [6.07, 6.45) is 1.29. The number of nitrogens with one attached hydrogen (secondary N) is 1. The van der Waals surface area contributed by atoms with Crippen LogP contribution >= 0.6 is 0 Å². The van der Waals surface area contributed by atoms with Crippen LogP contribution in [0.15, 0.2) is 29.4 Å². The Balaban J connectivity index is 0.000000364. The van der Waals surface area contributed by atoms with Gasteiger partial charge in [0, 0.05) is 13.2 Å². The van der Waals surface area contributed by atoms with Gasteiger partial charge < -0.3 is 4.84 Å². The zero-order valence-corrected chi connectivity index (χ0v) is 8.65. The van der Waals surface area contributed by atoms with E-state index in [0.717, 1.165) is 0 Å². The van der Waals surface area contributed by atoms with Gasteiger partial charge >= 0.3 is 10.1 Å². The molecule has 0 bridgehead atoms. The fourth-order valence-corrected chi connectivity index (χ4v) is 0.944. The molecule has 0 saturated heterocycles. The summed E-state index contributed by atoms with van der Waals surface area (Å²) in [7, 11) is -0.836. The Morgan fingerprint density at radius 1 is 1.50 bits per heavy atom. The second-order valence-electron chi connectivity index (χ2n) is 2.05. The number of nitrogens with zero attached hydrogens (tertiary/aromatic N) is 1. The minimum Gasteiger partial charge on any atom is -0.305 e. The summed E-state index contributed by atoms with van der Waals surface area (Å²) >= 11 is 0. The second-order valence-corrected chi connectivity index (χ2v) is 3.42. The Labute approximate surface area is 82.6 Å². The molecule has 0 saturated carbocycles. The molecule has 0 fully saturated rings. The van der Waals surface area contributed by atoms with Crippen molar-refractivity contribution in [1.82, 2.24) is 10.5 Å². The van der Waals surface area contributed by atoms with E-state index in [1.165, 1.54) is 18.3 Å². The largest absolute Gasteiger partial charge is 0.312 e. The minimum atomic E-state index is -4.11. The third-order valence-corrected chi connectivity index (χ3v) is 1.88. The highest BCUT2D eigenvalue weighted by atomic mass is 32.2. The molecule has 6 nitrogen and oxygen atoms in total. The lowest BCUT2D eigenvalue weighted by atomic mass is 10.5. The number of pyridine rings is 1. The van der Waals surface area contributed by atoms with Crippen LogP contribution in [0.1, 0.15) is 0 Å². The Hall–Kier alpha value is -1.02. The number of rotatable bonds is 2. The molecule has 1 rings (SSSR count). The van der Waals surface area contributed by atoms with Crippen LogP contribution in [0.3, 0.4) is 0 Å². The first-order valence-corrected chi connectivity index (χ1v) is 5.04. The molecule has 14 heavy (non-hydrogen) atoms. The van der Waals surface area contributed by atoms with Gasteiger partial charge in [-0.05, 0) is 12.1 Å². The lowest BCUT2D eigenvalue weighted by Gasteiger charge is -1.91. The van der Waals surface area contributed by atoms with Gasteiger partial charge in [-0.1, -0.05) is 6.07 Å². The molecule has 0 atom stereocenters. The average molecular weight is 220 g/mol. The van der Waals surface area contributed by atoms with Gasteiger partial charge in [-0.15, -0.1) is 0 Å². The van der Waals surface area contributed by atoms with Crippen molar-refractivity contribution < 1.29 is 17.8 Å². The first-order valence-electron chi connectivity index (χ1n) is 3.60. The van der Waals surface area contributed by atoms with E-state index in [1.54, 1.807) is 20.2 Å². The summed E-state index contributed by atoms with van der Waals surface area (Å²) < 4.78 is 29.1. The molecule has 1 heterocycles. The summed E-state index contributed by atoms with van der Waals surface area (Å²) in [5.41, 5.74) is 2.43. The fraction of sp³-hybridized carbons (Fsp3) is 0.286. The average Bonchev–Trinajstić information content (AvgIpc) is 2.18. The van der Waals surface area contributed by atoms with Crippen molar-refractivity contribution in [3.05, 3.63) is 24.4 Å². The van der Waals surface area contributed by atoms with Gasteiger partial charge in [0.15, 0.2) is 5.03 Å². The maximum absolute atomic E-state index is 10.3. The first kappa shape index (κ1) is 13.0. The van der Waals surface area contributed by atoms with Crippen LogP contribution in [0, 0.1) is 0 Å². The predicted molar refractivity (Wildman–Crippen MR) is 50.1 cm³/mol. The van der Waals surface area contributed by atoms with Crippen molar-refractivity contribution in [3.63, 3.8) is 0 Å². The molecule has 7 heteroatoms. The molecule has 2 N–H and O–H groups in total. The molecule has 0 unspecified atom stereocenters. The normalized spacial score (nSPS) is 10.2. The molecule has 0 aliphatic carbocycles. The minimum absolute atomic E-state index is 0.324. The van der Waals surface area contributed by atoms with Crippen LogP contribution in [0.5, 0.6) is 0 Å². The van der Waals surface area contributed by atoms with Crippen LogP contribution in [0.25, 0.3) is 0 Å². The zero-order chi connectivity index (χ0) is 11.0. The Bertz CT molecular complexity index is 336. The van der Waals surface area contributed by atoms with E-state index in [-0.39, 0.29) is 5.03 Å². The number of aromatic nitrogens is 1. The molecule has 1 aromatic heterocycles. The van der Waals surface area contributed by atoms with Gasteiger partial charge in [-0.3, -0.25) is 4.55 Å². The monoisotopic (exact) mass is 220 g/mol. The van der Waals surface area contributed by atoms with Crippen LogP contribution in [-0.2, 0) is 15.0 Å². The second kappa shape index (κ2) is 6.44. The number of hydrogen-bond donors (Lipinski definition) is 2. The van der Waals surface area contributed by atoms with Crippen LogP contribution in [-0.4, -0.2) is 32.1 Å². The van der Waals surface area contributed by atoms with Gasteiger partial charge in [-0.2, -0.15) is 8.42 Å². The van der Waals surface area contributed by atoms with E-state index in [2.05, 4.69) is 15.3 Å². The van der Waals surface area contributed by atoms with Crippen LogP contribution in [0.4, 0.5) is 0 Å². The Kier molecular flexibility index (Phi) is 5.97. The molecule has 0 radical (unpaired) electrons. The lowest BCUT2D eigenvalue weighted by Crippen LogP contribution is -2.00. The van der Waals surface area contributed by atoms with E-state index >= 15 is 0 Å². The van der Waals surface area contributed by atoms with E-state index in [9.17, 15) is 8.42 Å². The predicted octanol–water partition coefficient (Wildman–Crippen LogP) is 0.0955. The van der Waals surface area contributed by atoms with Crippen molar-refractivity contribution in [2.75, 3.05) is 14.2 Å². The molecule has 0 aliphatic heterocycles. The molecule has 80 valence electrons. The fourth-order valence-electron chi connectivity index (χ4n) is 0.500. The zero-order valence-electron chi connectivity index (χ0n) is 7.84. The molecule has 0 aromatic carbocycles. The van der Waals surface area contributed by atoms with Gasteiger partial charge in [0.1, 0.15) is 0 Å². The van der Waals surface area contributed by atoms with E-state index in [0.29, 0.717) is 0 Å². The highest BCUT2D eigenvalue weighted by Crippen LogP contribution is 2.00. The summed E-state index contributed by atoms with van der Waals surface area (Å²) in [5.74, 6) is 0. The maximum Gasteiger partial charge on any atom is 0.312 e. The van der Waals surface area contributed by atoms with Gasteiger partial charge in [0.05, 0.1) is 7.11 Å². The molecule has 0 amide bonds. The van der Waals surface area contributed by atoms with Crippen molar-refractivity contribution in [2.45, 2.75) is 5.03 Å². The van der Waals surface area contributed by atoms with Crippen LogP contribution in [0.2, 0.25) is 0 Å². The highest BCUT2D eigenvalue weighted by Gasteiger charge is 2.07. The number of hydroxylamine groups is 1.